The Morgan fingerprint density at radius 2 is 2.16 bits per heavy atom. The van der Waals surface area contributed by atoms with E-state index in [9.17, 15) is 4.39 Å². The molecule has 1 aromatic carbocycles. The van der Waals surface area contributed by atoms with Crippen LogP contribution in [-0.2, 0) is 0 Å². The van der Waals surface area contributed by atoms with Crippen LogP contribution < -0.4 is 10.5 Å². The lowest BCUT2D eigenvalue weighted by Crippen LogP contribution is -1.99. The first-order chi connectivity index (χ1) is 9.13. The number of nitrogens with two attached hydrogens (primary N) is 1. The Morgan fingerprint density at radius 1 is 1.32 bits per heavy atom. The van der Waals surface area contributed by atoms with E-state index in [1.54, 1.807) is 6.07 Å². The van der Waals surface area contributed by atoms with E-state index >= 15 is 0 Å². The van der Waals surface area contributed by atoms with Crippen LogP contribution in [0.4, 0.5) is 10.3 Å². The summed E-state index contributed by atoms with van der Waals surface area (Å²) in [6, 6.07) is 4.28. The molecule has 3 rings (SSSR count). The lowest BCUT2D eigenvalue weighted by Gasteiger charge is -2.08. The highest BCUT2D eigenvalue weighted by Crippen LogP contribution is 2.28. The first-order valence-corrected chi connectivity index (χ1v) is 5.54. The molecule has 0 saturated carbocycles. The standard InChI is InChI=1S/C12H10FN5O/c1-6-2-3-7(13)4-8(6)19-11-9-10(16-5-15-9)17-12(14)18-11/h2-5H,1H3,(H3,14,15,16,17,18). The van der Waals surface area contributed by atoms with Gasteiger partial charge < -0.3 is 15.5 Å². The zero-order valence-corrected chi connectivity index (χ0v) is 10.0. The number of nitrogens with zero attached hydrogens (tertiary/aromatic N) is 3. The van der Waals surface area contributed by atoms with Gasteiger partial charge in [0.2, 0.25) is 5.95 Å². The predicted octanol–water partition coefficient (Wildman–Crippen LogP) is 2.17. The van der Waals surface area contributed by atoms with Gasteiger partial charge in [-0.1, -0.05) is 6.07 Å². The summed E-state index contributed by atoms with van der Waals surface area (Å²) in [5, 5.41) is 0. The van der Waals surface area contributed by atoms with Crippen LogP contribution in [0.2, 0.25) is 0 Å². The predicted molar refractivity (Wildman–Crippen MR) is 67.3 cm³/mol. The van der Waals surface area contributed by atoms with E-state index in [0.717, 1.165) is 5.56 Å². The first-order valence-electron chi connectivity index (χ1n) is 5.54. The van der Waals surface area contributed by atoms with Crippen molar-refractivity contribution in [3.63, 3.8) is 0 Å². The van der Waals surface area contributed by atoms with Gasteiger partial charge in [-0.05, 0) is 18.6 Å². The number of hydrogen-bond acceptors (Lipinski definition) is 5. The van der Waals surface area contributed by atoms with Gasteiger partial charge in [0.1, 0.15) is 17.1 Å². The third-order valence-electron chi connectivity index (χ3n) is 2.63. The van der Waals surface area contributed by atoms with E-state index in [0.29, 0.717) is 16.9 Å². The molecule has 0 unspecified atom stereocenters. The summed E-state index contributed by atoms with van der Waals surface area (Å²) in [6.45, 7) is 1.81. The highest BCUT2D eigenvalue weighted by Gasteiger charge is 2.12. The minimum Gasteiger partial charge on any atom is -0.437 e. The topological polar surface area (TPSA) is 89.7 Å². The van der Waals surface area contributed by atoms with Crippen molar-refractivity contribution in [1.82, 2.24) is 19.9 Å². The average molecular weight is 259 g/mol. The van der Waals surface area contributed by atoms with Gasteiger partial charge in [0, 0.05) is 6.07 Å². The number of ether oxygens (including phenoxy) is 1. The van der Waals surface area contributed by atoms with Crippen molar-refractivity contribution in [2.45, 2.75) is 6.92 Å². The molecule has 0 saturated heterocycles. The maximum Gasteiger partial charge on any atom is 0.250 e. The molecule has 0 aliphatic carbocycles. The molecule has 2 aromatic heterocycles. The third-order valence-corrected chi connectivity index (χ3v) is 2.63. The zero-order valence-electron chi connectivity index (χ0n) is 10.0. The van der Waals surface area contributed by atoms with Gasteiger partial charge in [0.15, 0.2) is 5.65 Å². The number of nitrogens with one attached hydrogen (secondary N) is 1. The highest BCUT2D eigenvalue weighted by molar-refractivity contribution is 5.77. The number of anilines is 1. The fraction of sp³-hybridized carbons (Fsp3) is 0.0833. The molecular weight excluding hydrogens is 249 g/mol. The molecule has 6 nitrogen and oxygen atoms in total. The van der Waals surface area contributed by atoms with Gasteiger partial charge in [-0.25, -0.2) is 9.37 Å². The zero-order chi connectivity index (χ0) is 13.4. The number of aromatic nitrogens is 4. The van der Waals surface area contributed by atoms with Gasteiger partial charge in [-0.15, -0.1) is 0 Å². The third kappa shape index (κ3) is 2.05. The summed E-state index contributed by atoms with van der Waals surface area (Å²) in [7, 11) is 0. The van der Waals surface area contributed by atoms with Gasteiger partial charge in [0.05, 0.1) is 6.33 Å². The second-order valence-electron chi connectivity index (χ2n) is 4.00. The molecule has 3 aromatic rings. The van der Waals surface area contributed by atoms with Crippen molar-refractivity contribution >= 4 is 17.1 Å². The molecule has 3 N–H and O–H groups in total. The Kier molecular flexibility index (Phi) is 2.52. The fourth-order valence-electron chi connectivity index (χ4n) is 1.68. The molecule has 0 radical (unpaired) electrons. The molecule has 0 bridgehead atoms. The van der Waals surface area contributed by atoms with Gasteiger partial charge in [-0.2, -0.15) is 9.97 Å². The summed E-state index contributed by atoms with van der Waals surface area (Å²) in [4.78, 5) is 14.8. The van der Waals surface area contributed by atoms with Crippen LogP contribution in [0.3, 0.4) is 0 Å². The normalized spacial score (nSPS) is 10.8. The molecular formula is C12H10FN5O. The van der Waals surface area contributed by atoms with E-state index < -0.39 is 0 Å². The van der Waals surface area contributed by atoms with Crippen molar-refractivity contribution < 1.29 is 9.13 Å². The van der Waals surface area contributed by atoms with E-state index in [1.165, 1.54) is 18.5 Å². The molecule has 0 fully saturated rings. The minimum absolute atomic E-state index is 0.0451. The molecule has 0 atom stereocenters. The number of nitrogen functional groups attached to an aromatic ring is 1. The van der Waals surface area contributed by atoms with Crippen molar-refractivity contribution in [3.05, 3.63) is 35.9 Å². The SMILES string of the molecule is Cc1ccc(F)cc1Oc1nc(N)nc2nc[nH]c12. The lowest BCUT2D eigenvalue weighted by atomic mass is 10.2. The Morgan fingerprint density at radius 3 is 3.00 bits per heavy atom. The molecule has 0 spiro atoms. The number of hydrogen-bond donors (Lipinski definition) is 2. The Hall–Kier alpha value is -2.70. The van der Waals surface area contributed by atoms with E-state index in [2.05, 4.69) is 19.9 Å². The van der Waals surface area contributed by atoms with E-state index in [-0.39, 0.29) is 17.6 Å². The molecule has 0 amide bonds. The minimum atomic E-state index is -0.386. The van der Waals surface area contributed by atoms with E-state index in [1.807, 2.05) is 6.92 Å². The number of benzene rings is 1. The van der Waals surface area contributed by atoms with Crippen molar-refractivity contribution in [2.75, 3.05) is 5.73 Å². The maximum absolute atomic E-state index is 13.2. The summed E-state index contributed by atoms with van der Waals surface area (Å²) >= 11 is 0. The number of rotatable bonds is 2. The molecule has 19 heavy (non-hydrogen) atoms. The van der Waals surface area contributed by atoms with Gasteiger partial charge in [-0.3, -0.25) is 0 Å². The molecule has 7 heteroatoms. The van der Waals surface area contributed by atoms with Crippen LogP contribution in [0.15, 0.2) is 24.5 Å². The number of halogens is 1. The molecule has 0 aliphatic rings. The molecule has 0 aliphatic heterocycles. The summed E-state index contributed by atoms with van der Waals surface area (Å²) < 4.78 is 18.8. The van der Waals surface area contributed by atoms with Crippen LogP contribution in [0.25, 0.3) is 11.2 Å². The van der Waals surface area contributed by atoms with E-state index in [4.69, 9.17) is 10.5 Å². The summed E-state index contributed by atoms with van der Waals surface area (Å²) in [5.41, 5.74) is 7.27. The average Bonchev–Trinajstić information content (AvgIpc) is 2.82. The van der Waals surface area contributed by atoms with Crippen LogP contribution in [0.5, 0.6) is 11.6 Å². The smallest absolute Gasteiger partial charge is 0.250 e. The summed E-state index contributed by atoms with van der Waals surface area (Å²) in [5.74, 6) is 0.245. The second kappa shape index (κ2) is 4.20. The number of aromatic amines is 1. The van der Waals surface area contributed by atoms with Crippen LogP contribution in [0.1, 0.15) is 5.56 Å². The Labute approximate surface area is 107 Å². The van der Waals surface area contributed by atoms with Crippen molar-refractivity contribution in [1.29, 1.82) is 0 Å². The Balaban J connectivity index is 2.10. The maximum atomic E-state index is 13.2. The van der Waals surface area contributed by atoms with Crippen LogP contribution in [-0.4, -0.2) is 19.9 Å². The second-order valence-corrected chi connectivity index (χ2v) is 4.00. The molecule has 2 heterocycles. The fourth-order valence-corrected chi connectivity index (χ4v) is 1.68. The van der Waals surface area contributed by atoms with Crippen LogP contribution in [0, 0.1) is 12.7 Å². The van der Waals surface area contributed by atoms with Crippen molar-refractivity contribution in [2.24, 2.45) is 0 Å². The number of aryl methyl sites for hydroxylation is 1. The highest BCUT2D eigenvalue weighted by atomic mass is 19.1. The monoisotopic (exact) mass is 259 g/mol. The van der Waals surface area contributed by atoms with Gasteiger partial charge >= 0.3 is 0 Å². The number of H-pyrrole nitrogens is 1. The summed E-state index contributed by atoms with van der Waals surface area (Å²) in [6.07, 6.45) is 1.46. The first kappa shape index (κ1) is 11.4. The van der Waals surface area contributed by atoms with Gasteiger partial charge in [0.25, 0.3) is 5.88 Å². The molecule has 96 valence electrons. The van der Waals surface area contributed by atoms with Crippen LogP contribution >= 0.6 is 0 Å². The largest absolute Gasteiger partial charge is 0.437 e. The van der Waals surface area contributed by atoms with Crippen molar-refractivity contribution in [3.8, 4) is 11.6 Å². The number of fused-ring (bicyclic) bond motifs is 1. The number of imidazole rings is 1. The lowest BCUT2D eigenvalue weighted by molar-refractivity contribution is 0.459. The Bertz CT molecular complexity index is 755. The quantitative estimate of drug-likeness (QED) is 0.736.